The van der Waals surface area contributed by atoms with Crippen LogP contribution in [-0.2, 0) is 0 Å². The highest BCUT2D eigenvalue weighted by atomic mass is 79.9. The third kappa shape index (κ3) is 3.57. The van der Waals surface area contributed by atoms with Gasteiger partial charge in [-0.25, -0.2) is 0 Å². The van der Waals surface area contributed by atoms with E-state index in [0.717, 1.165) is 5.92 Å². The minimum atomic E-state index is 0.505. The van der Waals surface area contributed by atoms with Gasteiger partial charge < -0.3 is 5.32 Å². The summed E-state index contributed by atoms with van der Waals surface area (Å²) in [6, 6.07) is 2.66. The standard InChI is InChI=1S/C13H22BrNS/c1-4-6-7-10(5-2)12(15-3)13-11(14)8-9-16-13/h8-10,12,15H,4-7H2,1-3H3. The van der Waals surface area contributed by atoms with Crippen molar-refractivity contribution in [2.75, 3.05) is 7.05 Å². The van der Waals surface area contributed by atoms with Gasteiger partial charge in [-0.3, -0.25) is 0 Å². The number of rotatable bonds is 7. The largest absolute Gasteiger partial charge is 0.312 e. The van der Waals surface area contributed by atoms with Gasteiger partial charge in [0, 0.05) is 15.4 Å². The van der Waals surface area contributed by atoms with Crippen LogP contribution in [0, 0.1) is 5.92 Å². The maximum Gasteiger partial charge on any atom is 0.0452 e. The lowest BCUT2D eigenvalue weighted by Gasteiger charge is -2.25. The Bertz CT molecular complexity index is 298. The van der Waals surface area contributed by atoms with Crippen LogP contribution >= 0.6 is 27.3 Å². The molecule has 1 rings (SSSR count). The molecule has 0 bridgehead atoms. The fourth-order valence-electron chi connectivity index (χ4n) is 2.18. The van der Waals surface area contributed by atoms with Crippen LogP contribution in [0.2, 0.25) is 0 Å². The first kappa shape index (κ1) is 14.2. The summed E-state index contributed by atoms with van der Waals surface area (Å²) in [4.78, 5) is 1.45. The molecule has 0 aliphatic heterocycles. The molecule has 2 unspecified atom stereocenters. The van der Waals surface area contributed by atoms with E-state index in [1.807, 2.05) is 11.3 Å². The number of unbranched alkanes of at least 4 members (excludes halogenated alkanes) is 1. The van der Waals surface area contributed by atoms with Crippen molar-refractivity contribution in [3.8, 4) is 0 Å². The molecule has 1 aromatic heterocycles. The Hall–Kier alpha value is 0.140. The molecule has 2 atom stereocenters. The molecule has 0 aromatic carbocycles. The van der Waals surface area contributed by atoms with E-state index >= 15 is 0 Å². The minimum absolute atomic E-state index is 0.505. The maximum atomic E-state index is 3.64. The summed E-state index contributed by atoms with van der Waals surface area (Å²) in [6.07, 6.45) is 5.19. The first-order chi connectivity index (χ1) is 7.74. The van der Waals surface area contributed by atoms with Crippen molar-refractivity contribution in [1.82, 2.24) is 5.32 Å². The Morgan fingerprint density at radius 1 is 1.44 bits per heavy atom. The predicted octanol–water partition coefficient (Wildman–Crippen LogP) is 4.99. The van der Waals surface area contributed by atoms with Crippen molar-refractivity contribution < 1.29 is 0 Å². The molecule has 3 heteroatoms. The zero-order chi connectivity index (χ0) is 12.0. The molecule has 0 amide bonds. The third-order valence-electron chi connectivity index (χ3n) is 3.16. The van der Waals surface area contributed by atoms with Crippen molar-refractivity contribution in [3.05, 3.63) is 20.8 Å². The van der Waals surface area contributed by atoms with Gasteiger partial charge in [-0.1, -0.05) is 33.1 Å². The Kier molecular flexibility index (Phi) is 6.62. The smallest absolute Gasteiger partial charge is 0.0452 e. The number of nitrogens with one attached hydrogen (secondary N) is 1. The average Bonchev–Trinajstić information content (AvgIpc) is 2.71. The summed E-state index contributed by atoms with van der Waals surface area (Å²) in [5.74, 6) is 0.750. The molecule has 0 saturated carbocycles. The van der Waals surface area contributed by atoms with E-state index in [1.54, 1.807) is 0 Å². The van der Waals surface area contributed by atoms with E-state index in [-0.39, 0.29) is 0 Å². The van der Waals surface area contributed by atoms with E-state index in [4.69, 9.17) is 0 Å². The highest BCUT2D eigenvalue weighted by Gasteiger charge is 2.22. The van der Waals surface area contributed by atoms with Crippen molar-refractivity contribution in [1.29, 1.82) is 0 Å². The van der Waals surface area contributed by atoms with Crippen molar-refractivity contribution in [3.63, 3.8) is 0 Å². The number of thiophene rings is 1. The maximum absolute atomic E-state index is 3.64. The topological polar surface area (TPSA) is 12.0 Å². The summed E-state index contributed by atoms with van der Waals surface area (Å²) >= 11 is 5.49. The Balaban J connectivity index is 2.75. The molecule has 1 N–H and O–H groups in total. The number of hydrogen-bond acceptors (Lipinski definition) is 2. The average molecular weight is 304 g/mol. The lowest BCUT2D eigenvalue weighted by Crippen LogP contribution is -2.24. The Labute approximate surface area is 112 Å². The summed E-state index contributed by atoms with van der Waals surface area (Å²) in [7, 11) is 2.07. The molecule has 1 aromatic rings. The van der Waals surface area contributed by atoms with Gasteiger partial charge in [0.2, 0.25) is 0 Å². The fraction of sp³-hybridized carbons (Fsp3) is 0.692. The first-order valence-electron chi connectivity index (χ1n) is 6.14. The van der Waals surface area contributed by atoms with Gasteiger partial charge in [0.15, 0.2) is 0 Å². The molecular weight excluding hydrogens is 282 g/mol. The van der Waals surface area contributed by atoms with Crippen LogP contribution in [0.1, 0.15) is 50.4 Å². The molecule has 92 valence electrons. The SMILES string of the molecule is CCCCC(CC)C(NC)c1sccc1Br. The van der Waals surface area contributed by atoms with Crippen molar-refractivity contribution in [2.24, 2.45) is 5.92 Å². The highest BCUT2D eigenvalue weighted by molar-refractivity contribution is 9.10. The van der Waals surface area contributed by atoms with Gasteiger partial charge in [0.25, 0.3) is 0 Å². The molecule has 0 aliphatic rings. The van der Waals surface area contributed by atoms with Gasteiger partial charge in [0.1, 0.15) is 0 Å². The summed E-state index contributed by atoms with van der Waals surface area (Å²) in [6.45, 7) is 4.56. The van der Waals surface area contributed by atoms with E-state index < -0.39 is 0 Å². The zero-order valence-electron chi connectivity index (χ0n) is 10.4. The predicted molar refractivity (Wildman–Crippen MR) is 77.1 cm³/mol. The van der Waals surface area contributed by atoms with Crippen LogP contribution in [0.4, 0.5) is 0 Å². The molecule has 0 radical (unpaired) electrons. The van der Waals surface area contributed by atoms with Crippen LogP contribution in [0.5, 0.6) is 0 Å². The van der Waals surface area contributed by atoms with E-state index in [2.05, 4.69) is 53.6 Å². The van der Waals surface area contributed by atoms with Crippen LogP contribution in [0.3, 0.4) is 0 Å². The minimum Gasteiger partial charge on any atom is -0.312 e. The zero-order valence-corrected chi connectivity index (χ0v) is 12.8. The second-order valence-corrected chi connectivity index (χ2v) is 6.01. The molecule has 0 saturated heterocycles. The molecule has 1 nitrogen and oxygen atoms in total. The summed E-state index contributed by atoms with van der Waals surface area (Å²) < 4.78 is 1.26. The molecule has 1 heterocycles. The van der Waals surface area contributed by atoms with Crippen LogP contribution < -0.4 is 5.32 Å². The van der Waals surface area contributed by atoms with Crippen molar-refractivity contribution in [2.45, 2.75) is 45.6 Å². The second-order valence-electron chi connectivity index (χ2n) is 4.21. The van der Waals surface area contributed by atoms with E-state index in [0.29, 0.717) is 6.04 Å². The van der Waals surface area contributed by atoms with Crippen LogP contribution in [-0.4, -0.2) is 7.05 Å². The number of halogens is 1. The molecule has 16 heavy (non-hydrogen) atoms. The lowest BCUT2D eigenvalue weighted by molar-refractivity contribution is 0.342. The molecule has 0 fully saturated rings. The molecule has 0 spiro atoms. The highest BCUT2D eigenvalue weighted by Crippen LogP contribution is 2.36. The van der Waals surface area contributed by atoms with Gasteiger partial charge in [-0.15, -0.1) is 11.3 Å². The third-order valence-corrected chi connectivity index (χ3v) is 5.12. The Morgan fingerprint density at radius 2 is 2.19 bits per heavy atom. The van der Waals surface area contributed by atoms with Gasteiger partial charge in [-0.05, 0) is 46.8 Å². The second kappa shape index (κ2) is 7.46. The lowest BCUT2D eigenvalue weighted by atomic mass is 9.90. The molecule has 0 aliphatic carbocycles. The van der Waals surface area contributed by atoms with E-state index in [1.165, 1.54) is 35.0 Å². The number of hydrogen-bond donors (Lipinski definition) is 1. The van der Waals surface area contributed by atoms with Crippen molar-refractivity contribution >= 4 is 27.3 Å². The first-order valence-corrected chi connectivity index (χ1v) is 7.81. The normalized spacial score (nSPS) is 15.0. The monoisotopic (exact) mass is 303 g/mol. The van der Waals surface area contributed by atoms with Gasteiger partial charge in [-0.2, -0.15) is 0 Å². The van der Waals surface area contributed by atoms with E-state index in [9.17, 15) is 0 Å². The molecular formula is C13H22BrNS. The summed E-state index contributed by atoms with van der Waals surface area (Å²) in [5, 5.41) is 5.65. The van der Waals surface area contributed by atoms with Gasteiger partial charge >= 0.3 is 0 Å². The quantitative estimate of drug-likeness (QED) is 0.748. The van der Waals surface area contributed by atoms with Crippen LogP contribution in [0.15, 0.2) is 15.9 Å². The Morgan fingerprint density at radius 3 is 2.62 bits per heavy atom. The van der Waals surface area contributed by atoms with Crippen LogP contribution in [0.25, 0.3) is 0 Å². The van der Waals surface area contributed by atoms with Gasteiger partial charge in [0.05, 0.1) is 0 Å². The fourth-order valence-corrected chi connectivity index (χ4v) is 4.00. The summed E-state index contributed by atoms with van der Waals surface area (Å²) in [5.41, 5.74) is 0.